The number of likely N-dealkylation sites (N-methyl/N-ethyl adjacent to an activating group) is 1. The minimum atomic E-state index is 0.112. The highest BCUT2D eigenvalue weighted by molar-refractivity contribution is 6.31. The summed E-state index contributed by atoms with van der Waals surface area (Å²) in [6.45, 7) is 4.62. The van der Waals surface area contributed by atoms with Crippen molar-refractivity contribution >= 4 is 17.6 Å². The minimum absolute atomic E-state index is 0.112. The Hall–Kier alpha value is -1.26. The van der Waals surface area contributed by atoms with E-state index in [2.05, 4.69) is 10.5 Å². The number of hydrogen-bond donors (Lipinski definition) is 1. The van der Waals surface area contributed by atoms with Crippen LogP contribution in [0, 0.1) is 0 Å². The molecule has 98 valence electrons. The van der Waals surface area contributed by atoms with Crippen LogP contribution in [0.25, 0.3) is 0 Å². The Morgan fingerprint density at radius 3 is 2.83 bits per heavy atom. The van der Waals surface area contributed by atoms with E-state index in [9.17, 15) is 0 Å². The first kappa shape index (κ1) is 13.2. The summed E-state index contributed by atoms with van der Waals surface area (Å²) in [5, 5.41) is 0.774. The number of hydrogen-bond acceptors (Lipinski definition) is 4. The van der Waals surface area contributed by atoms with Crippen LogP contribution in [0.2, 0.25) is 5.02 Å². The fourth-order valence-electron chi connectivity index (χ4n) is 1.88. The van der Waals surface area contributed by atoms with Gasteiger partial charge in [-0.25, -0.2) is 10.5 Å². The van der Waals surface area contributed by atoms with Gasteiger partial charge in [0.05, 0.1) is 18.7 Å². The summed E-state index contributed by atoms with van der Waals surface area (Å²) in [5.74, 6) is 0.744. The maximum atomic E-state index is 6.22. The van der Waals surface area contributed by atoms with Gasteiger partial charge in [-0.2, -0.15) is 0 Å². The number of halogens is 1. The summed E-state index contributed by atoms with van der Waals surface area (Å²) in [6, 6.07) is 8.02. The summed E-state index contributed by atoms with van der Waals surface area (Å²) in [7, 11) is 1.98. The van der Waals surface area contributed by atoms with Gasteiger partial charge in [0.2, 0.25) is 5.96 Å². The molecule has 1 aromatic carbocycles. The van der Waals surface area contributed by atoms with Crippen LogP contribution in [0.1, 0.15) is 25.5 Å². The van der Waals surface area contributed by atoms with Crippen molar-refractivity contribution in [1.82, 2.24) is 10.4 Å². The Bertz CT molecular complexity index is 448. The molecule has 2 rings (SSSR count). The van der Waals surface area contributed by atoms with Crippen LogP contribution in [0.3, 0.4) is 0 Å². The van der Waals surface area contributed by atoms with Crippen molar-refractivity contribution in [1.29, 1.82) is 0 Å². The largest absolute Gasteiger partial charge is 0.335 e. The standard InChI is InChI=1S/C13H18ClN3O/c1-9(2)18-16-13-15-8-12(17(13)3)10-6-4-5-7-11(10)14/h4-7,9,12H,8H2,1-3H3,(H,15,16). The lowest BCUT2D eigenvalue weighted by Gasteiger charge is -2.24. The van der Waals surface area contributed by atoms with Crippen LogP contribution in [0.4, 0.5) is 0 Å². The number of guanidine groups is 1. The second-order valence-corrected chi connectivity index (χ2v) is 4.99. The lowest BCUT2D eigenvalue weighted by Crippen LogP contribution is -2.38. The second kappa shape index (κ2) is 5.59. The highest BCUT2D eigenvalue weighted by atomic mass is 35.5. The first-order valence-electron chi connectivity index (χ1n) is 6.03. The first-order valence-corrected chi connectivity index (χ1v) is 6.40. The Kier molecular flexibility index (Phi) is 4.09. The van der Waals surface area contributed by atoms with Crippen molar-refractivity contribution in [3.05, 3.63) is 34.9 Å². The van der Waals surface area contributed by atoms with E-state index in [1.165, 1.54) is 0 Å². The lowest BCUT2D eigenvalue weighted by molar-refractivity contribution is 0.0269. The molecule has 1 aliphatic rings. The highest BCUT2D eigenvalue weighted by Crippen LogP contribution is 2.29. The van der Waals surface area contributed by atoms with Gasteiger partial charge in [-0.15, -0.1) is 0 Å². The van der Waals surface area contributed by atoms with E-state index in [1.807, 2.05) is 50.1 Å². The Morgan fingerprint density at radius 2 is 2.17 bits per heavy atom. The third-order valence-corrected chi connectivity index (χ3v) is 3.21. The summed E-state index contributed by atoms with van der Waals surface area (Å²) in [6.07, 6.45) is 0.112. The van der Waals surface area contributed by atoms with Gasteiger partial charge in [-0.3, -0.25) is 4.84 Å². The number of nitrogens with zero attached hydrogens (tertiary/aromatic N) is 2. The van der Waals surface area contributed by atoms with Gasteiger partial charge in [-0.05, 0) is 25.5 Å². The monoisotopic (exact) mass is 267 g/mol. The molecule has 1 heterocycles. The number of aliphatic imine (C=N–C) groups is 1. The average Bonchev–Trinajstić information content (AvgIpc) is 2.69. The zero-order valence-electron chi connectivity index (χ0n) is 10.9. The summed E-state index contributed by atoms with van der Waals surface area (Å²) in [4.78, 5) is 11.8. The van der Waals surface area contributed by atoms with Crippen LogP contribution in [-0.2, 0) is 4.84 Å². The van der Waals surface area contributed by atoms with Gasteiger partial charge in [0.15, 0.2) is 0 Å². The van der Waals surface area contributed by atoms with Crippen molar-refractivity contribution in [3.8, 4) is 0 Å². The second-order valence-electron chi connectivity index (χ2n) is 4.58. The van der Waals surface area contributed by atoms with Crippen molar-refractivity contribution < 1.29 is 4.84 Å². The van der Waals surface area contributed by atoms with Crippen LogP contribution < -0.4 is 5.48 Å². The molecular formula is C13H18ClN3O. The third-order valence-electron chi connectivity index (χ3n) is 2.87. The normalized spacial score (nSPS) is 19.3. The molecule has 0 bridgehead atoms. The molecule has 1 aromatic rings. The van der Waals surface area contributed by atoms with Crippen LogP contribution >= 0.6 is 11.6 Å². The van der Waals surface area contributed by atoms with Crippen molar-refractivity contribution in [2.45, 2.75) is 26.0 Å². The minimum Gasteiger partial charge on any atom is -0.335 e. The van der Waals surface area contributed by atoms with E-state index < -0.39 is 0 Å². The molecule has 0 aromatic heterocycles. The molecule has 5 heteroatoms. The molecule has 0 saturated heterocycles. The number of hydroxylamine groups is 1. The smallest absolute Gasteiger partial charge is 0.218 e. The fourth-order valence-corrected chi connectivity index (χ4v) is 2.14. The van der Waals surface area contributed by atoms with E-state index in [0.717, 1.165) is 16.5 Å². The van der Waals surface area contributed by atoms with Gasteiger partial charge in [-0.1, -0.05) is 29.8 Å². The molecule has 0 amide bonds. The Labute approximate surface area is 113 Å². The number of nitrogens with one attached hydrogen (secondary N) is 1. The summed E-state index contributed by atoms with van der Waals surface area (Å²) >= 11 is 6.22. The van der Waals surface area contributed by atoms with Crippen LogP contribution in [0.15, 0.2) is 29.3 Å². The van der Waals surface area contributed by atoms with Gasteiger partial charge < -0.3 is 4.90 Å². The first-order chi connectivity index (χ1) is 8.59. The summed E-state index contributed by atoms with van der Waals surface area (Å²) < 4.78 is 0. The molecule has 1 aliphatic heterocycles. The third kappa shape index (κ3) is 2.76. The molecule has 0 fully saturated rings. The van der Waals surface area contributed by atoms with Gasteiger partial charge >= 0.3 is 0 Å². The highest BCUT2D eigenvalue weighted by Gasteiger charge is 2.27. The lowest BCUT2D eigenvalue weighted by atomic mass is 10.1. The van der Waals surface area contributed by atoms with Crippen molar-refractivity contribution in [2.24, 2.45) is 4.99 Å². The predicted octanol–water partition coefficient (Wildman–Crippen LogP) is 2.61. The van der Waals surface area contributed by atoms with E-state index in [0.29, 0.717) is 6.54 Å². The Balaban J connectivity index is 2.06. The molecule has 18 heavy (non-hydrogen) atoms. The quantitative estimate of drug-likeness (QED) is 0.856. The number of rotatable bonds is 3. The van der Waals surface area contributed by atoms with Crippen molar-refractivity contribution in [3.63, 3.8) is 0 Å². The van der Waals surface area contributed by atoms with E-state index in [-0.39, 0.29) is 12.1 Å². The number of benzene rings is 1. The Morgan fingerprint density at radius 1 is 1.44 bits per heavy atom. The van der Waals surface area contributed by atoms with Crippen LogP contribution in [0.5, 0.6) is 0 Å². The molecular weight excluding hydrogens is 250 g/mol. The molecule has 0 spiro atoms. The molecule has 4 nitrogen and oxygen atoms in total. The molecule has 1 N–H and O–H groups in total. The molecule has 1 atom stereocenters. The zero-order chi connectivity index (χ0) is 13.1. The van der Waals surface area contributed by atoms with Gasteiger partial charge in [0.25, 0.3) is 0 Å². The van der Waals surface area contributed by atoms with Crippen LogP contribution in [-0.4, -0.2) is 30.6 Å². The fraction of sp³-hybridized carbons (Fsp3) is 0.462. The zero-order valence-corrected chi connectivity index (χ0v) is 11.6. The summed E-state index contributed by atoms with van der Waals surface area (Å²) in [5.41, 5.74) is 3.97. The molecule has 0 radical (unpaired) electrons. The average molecular weight is 268 g/mol. The SMILES string of the molecule is CC(C)ONC1=NCC(c2ccccc2Cl)N1C. The maximum Gasteiger partial charge on any atom is 0.218 e. The molecule has 0 aliphatic carbocycles. The van der Waals surface area contributed by atoms with Gasteiger partial charge in [0, 0.05) is 12.1 Å². The van der Waals surface area contributed by atoms with E-state index in [1.54, 1.807) is 0 Å². The van der Waals surface area contributed by atoms with E-state index >= 15 is 0 Å². The van der Waals surface area contributed by atoms with Gasteiger partial charge in [0.1, 0.15) is 0 Å². The topological polar surface area (TPSA) is 36.9 Å². The maximum absolute atomic E-state index is 6.22. The molecule has 0 saturated carbocycles. The van der Waals surface area contributed by atoms with E-state index in [4.69, 9.17) is 16.4 Å². The predicted molar refractivity (Wildman–Crippen MR) is 73.6 cm³/mol. The molecule has 1 unspecified atom stereocenters. The van der Waals surface area contributed by atoms with Crippen molar-refractivity contribution in [2.75, 3.05) is 13.6 Å².